The summed E-state index contributed by atoms with van der Waals surface area (Å²) in [4.78, 5) is 23.9. The molecule has 0 aromatic heterocycles. The lowest BCUT2D eigenvalue weighted by molar-refractivity contribution is 0.0601. The monoisotopic (exact) mass is 284 g/mol. The summed E-state index contributed by atoms with van der Waals surface area (Å²) in [5.41, 5.74) is 3.06. The van der Waals surface area contributed by atoms with Crippen molar-refractivity contribution in [3.8, 4) is 11.1 Å². The van der Waals surface area contributed by atoms with Crippen LogP contribution in [-0.2, 0) is 9.47 Å². The number of aryl methyl sites for hydroxylation is 1. The molecule has 108 valence electrons. The summed E-state index contributed by atoms with van der Waals surface area (Å²) in [5, 5.41) is 0. The Labute approximate surface area is 123 Å². The molecule has 0 saturated heterocycles. The summed E-state index contributed by atoms with van der Waals surface area (Å²) in [5.74, 6) is -0.979. The molecule has 0 N–H and O–H groups in total. The Morgan fingerprint density at radius 2 is 1.29 bits per heavy atom. The van der Waals surface area contributed by atoms with Gasteiger partial charge in [0.25, 0.3) is 0 Å². The van der Waals surface area contributed by atoms with Crippen molar-refractivity contribution < 1.29 is 19.1 Å². The summed E-state index contributed by atoms with van der Waals surface area (Å²) in [7, 11) is 2.62. The first kappa shape index (κ1) is 14.8. The zero-order chi connectivity index (χ0) is 15.4. The number of rotatable bonds is 3. The van der Waals surface area contributed by atoms with Gasteiger partial charge in [-0.1, -0.05) is 35.9 Å². The van der Waals surface area contributed by atoms with Crippen molar-refractivity contribution in [1.82, 2.24) is 0 Å². The number of ether oxygens (including phenoxy) is 2. The van der Waals surface area contributed by atoms with E-state index in [0.717, 1.165) is 11.1 Å². The van der Waals surface area contributed by atoms with Crippen LogP contribution in [0.5, 0.6) is 0 Å². The van der Waals surface area contributed by atoms with Crippen LogP contribution < -0.4 is 0 Å². The normalized spacial score (nSPS) is 10.0. The summed E-state index contributed by atoms with van der Waals surface area (Å²) in [6.45, 7) is 1.97. The van der Waals surface area contributed by atoms with Crippen LogP contribution in [0, 0.1) is 6.92 Å². The average molecular weight is 284 g/mol. The molecule has 2 rings (SSSR count). The maximum Gasteiger partial charge on any atom is 0.338 e. The minimum absolute atomic E-state index is 0.337. The first-order chi connectivity index (χ1) is 10.1. The molecular formula is C17H16O4. The first-order valence-electron chi connectivity index (χ1n) is 6.45. The summed E-state index contributed by atoms with van der Waals surface area (Å²) in [6.07, 6.45) is 0. The van der Waals surface area contributed by atoms with Crippen LogP contribution >= 0.6 is 0 Å². The predicted molar refractivity (Wildman–Crippen MR) is 79.3 cm³/mol. The van der Waals surface area contributed by atoms with E-state index in [-0.39, 0.29) is 0 Å². The lowest BCUT2D eigenvalue weighted by atomic mass is 9.93. The number of carbonyl (C=O) groups excluding carboxylic acids is 2. The number of hydrogen-bond donors (Lipinski definition) is 0. The van der Waals surface area contributed by atoms with Crippen LogP contribution in [-0.4, -0.2) is 26.2 Å². The largest absolute Gasteiger partial charge is 0.465 e. The number of methoxy groups -OCH3 is 2. The Morgan fingerprint density at radius 1 is 0.810 bits per heavy atom. The second-order valence-electron chi connectivity index (χ2n) is 4.58. The number of hydrogen-bond acceptors (Lipinski definition) is 4. The van der Waals surface area contributed by atoms with Gasteiger partial charge in [0.15, 0.2) is 0 Å². The van der Waals surface area contributed by atoms with Gasteiger partial charge in [-0.2, -0.15) is 0 Å². The maximum absolute atomic E-state index is 12.0. The molecule has 0 unspecified atom stereocenters. The van der Waals surface area contributed by atoms with E-state index in [4.69, 9.17) is 9.47 Å². The third kappa shape index (κ3) is 2.94. The Kier molecular flexibility index (Phi) is 4.38. The van der Waals surface area contributed by atoms with Gasteiger partial charge in [-0.3, -0.25) is 0 Å². The van der Waals surface area contributed by atoms with Crippen molar-refractivity contribution in [2.75, 3.05) is 14.2 Å². The Balaban J connectivity index is 2.71. The lowest BCUT2D eigenvalue weighted by Crippen LogP contribution is -2.10. The third-order valence-corrected chi connectivity index (χ3v) is 3.22. The molecule has 0 radical (unpaired) electrons. The molecule has 21 heavy (non-hydrogen) atoms. The van der Waals surface area contributed by atoms with Crippen LogP contribution in [0.15, 0.2) is 42.5 Å². The second kappa shape index (κ2) is 6.22. The van der Waals surface area contributed by atoms with Crippen LogP contribution in [0.4, 0.5) is 0 Å². The van der Waals surface area contributed by atoms with Gasteiger partial charge in [-0.05, 0) is 24.6 Å². The van der Waals surface area contributed by atoms with Crippen LogP contribution in [0.2, 0.25) is 0 Å². The predicted octanol–water partition coefficient (Wildman–Crippen LogP) is 3.24. The fourth-order valence-corrected chi connectivity index (χ4v) is 2.14. The van der Waals surface area contributed by atoms with Gasteiger partial charge in [-0.25, -0.2) is 9.59 Å². The van der Waals surface area contributed by atoms with Gasteiger partial charge in [-0.15, -0.1) is 0 Å². The van der Waals surface area contributed by atoms with Crippen molar-refractivity contribution in [3.63, 3.8) is 0 Å². The molecule has 2 aromatic rings. The van der Waals surface area contributed by atoms with Gasteiger partial charge in [0, 0.05) is 5.56 Å². The molecule has 0 fully saturated rings. The van der Waals surface area contributed by atoms with E-state index < -0.39 is 11.9 Å². The van der Waals surface area contributed by atoms with Gasteiger partial charge >= 0.3 is 11.9 Å². The van der Waals surface area contributed by atoms with E-state index in [1.165, 1.54) is 14.2 Å². The molecule has 0 aliphatic heterocycles. The van der Waals surface area contributed by atoms with Gasteiger partial charge < -0.3 is 9.47 Å². The van der Waals surface area contributed by atoms with Crippen LogP contribution in [0.3, 0.4) is 0 Å². The number of carbonyl (C=O) groups is 2. The van der Waals surface area contributed by atoms with Crippen LogP contribution in [0.1, 0.15) is 26.3 Å². The highest BCUT2D eigenvalue weighted by Gasteiger charge is 2.21. The standard InChI is InChI=1S/C17H16O4/c1-11-7-9-12(10-8-11)15-13(16(18)20-2)5-4-6-14(15)17(19)21-3/h4-10H,1-3H3. The molecule has 0 saturated carbocycles. The number of benzene rings is 2. The molecule has 4 heteroatoms. The highest BCUT2D eigenvalue weighted by atomic mass is 16.5. The average Bonchev–Trinajstić information content (AvgIpc) is 2.53. The van der Waals surface area contributed by atoms with E-state index in [1.807, 2.05) is 31.2 Å². The van der Waals surface area contributed by atoms with Crippen molar-refractivity contribution in [3.05, 3.63) is 59.2 Å². The molecule has 0 bridgehead atoms. The van der Waals surface area contributed by atoms with Gasteiger partial charge in [0.1, 0.15) is 0 Å². The first-order valence-corrected chi connectivity index (χ1v) is 6.45. The molecule has 0 heterocycles. The smallest absolute Gasteiger partial charge is 0.338 e. The van der Waals surface area contributed by atoms with E-state index in [0.29, 0.717) is 16.7 Å². The fourth-order valence-electron chi connectivity index (χ4n) is 2.14. The maximum atomic E-state index is 12.0. The van der Waals surface area contributed by atoms with E-state index in [2.05, 4.69) is 0 Å². The summed E-state index contributed by atoms with van der Waals surface area (Å²) < 4.78 is 9.60. The molecular weight excluding hydrogens is 268 g/mol. The summed E-state index contributed by atoms with van der Waals surface area (Å²) in [6, 6.07) is 12.5. The molecule has 4 nitrogen and oxygen atoms in total. The molecule has 0 spiro atoms. The molecule has 2 aromatic carbocycles. The van der Waals surface area contributed by atoms with Crippen molar-refractivity contribution in [2.45, 2.75) is 6.92 Å². The Hall–Kier alpha value is -2.62. The van der Waals surface area contributed by atoms with E-state index >= 15 is 0 Å². The van der Waals surface area contributed by atoms with E-state index in [9.17, 15) is 9.59 Å². The zero-order valence-electron chi connectivity index (χ0n) is 12.2. The Bertz CT molecular complexity index is 637. The fraction of sp³-hybridized carbons (Fsp3) is 0.176. The molecule has 0 aliphatic rings. The van der Waals surface area contributed by atoms with Crippen LogP contribution in [0.25, 0.3) is 11.1 Å². The van der Waals surface area contributed by atoms with Gasteiger partial charge in [0.05, 0.1) is 25.3 Å². The van der Waals surface area contributed by atoms with E-state index in [1.54, 1.807) is 18.2 Å². The van der Waals surface area contributed by atoms with Crippen molar-refractivity contribution in [2.24, 2.45) is 0 Å². The highest BCUT2D eigenvalue weighted by Crippen LogP contribution is 2.29. The lowest BCUT2D eigenvalue weighted by Gasteiger charge is -2.13. The minimum Gasteiger partial charge on any atom is -0.465 e. The van der Waals surface area contributed by atoms with Gasteiger partial charge in [0.2, 0.25) is 0 Å². The second-order valence-corrected chi connectivity index (χ2v) is 4.58. The molecule has 0 amide bonds. The topological polar surface area (TPSA) is 52.6 Å². The van der Waals surface area contributed by atoms with Crippen molar-refractivity contribution in [1.29, 1.82) is 0 Å². The quantitative estimate of drug-likeness (QED) is 0.812. The Morgan fingerprint density at radius 3 is 1.71 bits per heavy atom. The third-order valence-electron chi connectivity index (χ3n) is 3.22. The minimum atomic E-state index is -0.490. The summed E-state index contributed by atoms with van der Waals surface area (Å²) >= 11 is 0. The number of esters is 2. The SMILES string of the molecule is COC(=O)c1cccc(C(=O)OC)c1-c1ccc(C)cc1. The van der Waals surface area contributed by atoms with Crippen molar-refractivity contribution >= 4 is 11.9 Å². The zero-order valence-corrected chi connectivity index (χ0v) is 12.2. The molecule has 0 atom stereocenters. The molecule has 0 aliphatic carbocycles. The highest BCUT2D eigenvalue weighted by molar-refractivity contribution is 6.05.